The van der Waals surface area contributed by atoms with Gasteiger partial charge in [-0.2, -0.15) is 26.3 Å². The molecule has 0 saturated carbocycles. The van der Waals surface area contributed by atoms with Gasteiger partial charge in [-0.05, 0) is 62.4 Å². The van der Waals surface area contributed by atoms with Crippen LogP contribution in [-0.2, 0) is 47.8 Å². The van der Waals surface area contributed by atoms with Crippen LogP contribution < -0.4 is 0 Å². The molecule has 0 aliphatic carbocycles. The average molecular weight is 820 g/mol. The molecule has 0 spiro atoms. The van der Waals surface area contributed by atoms with Gasteiger partial charge in [-0.1, -0.05) is 24.3 Å². The van der Waals surface area contributed by atoms with Gasteiger partial charge in [-0.3, -0.25) is 29.9 Å². The van der Waals surface area contributed by atoms with Crippen LogP contribution in [0.2, 0.25) is 0 Å². The van der Waals surface area contributed by atoms with Gasteiger partial charge in [-0.25, -0.2) is 16.8 Å². The fourth-order valence-electron chi connectivity index (χ4n) is 4.31. The maximum absolute atomic E-state index is 10.7. The van der Waals surface area contributed by atoms with E-state index < -0.39 is 42.1 Å². The number of nitrogens with zero attached hydrogens (tertiary/aromatic N) is 6. The van der Waals surface area contributed by atoms with Crippen LogP contribution in [-0.4, -0.2) is 72.3 Å². The summed E-state index contributed by atoms with van der Waals surface area (Å²) in [4.78, 5) is 28.3. The van der Waals surface area contributed by atoms with Gasteiger partial charge in [0.05, 0.1) is 45.0 Å². The second kappa shape index (κ2) is 17.9. The predicted molar refractivity (Wildman–Crippen MR) is 165 cm³/mol. The van der Waals surface area contributed by atoms with Crippen molar-refractivity contribution in [2.24, 2.45) is 0 Å². The van der Waals surface area contributed by atoms with E-state index in [9.17, 15) is 26.3 Å². The SMILES string of the molecule is CC(c1ccccn1)(c1ccccn1)c1cccc([C@@](C)(c2ccccn2)c2cnccn2)n1.O.O=S(=O)([O-])C(F)(F)F.O=S(=O)([O-])C(F)(F)F.[Co+2]. The topological polar surface area (TPSA) is 223 Å². The molecule has 281 valence electrons. The summed E-state index contributed by atoms with van der Waals surface area (Å²) in [6.07, 6.45) is 10.5. The second-order valence-electron chi connectivity index (χ2n) is 10.2. The molecule has 5 rings (SSSR count). The number of pyridine rings is 4. The van der Waals surface area contributed by atoms with Crippen molar-refractivity contribution in [2.45, 2.75) is 35.7 Å². The molecule has 0 aliphatic heterocycles. The van der Waals surface area contributed by atoms with Crippen molar-refractivity contribution in [1.82, 2.24) is 29.9 Å². The Morgan fingerprint density at radius 3 is 1.08 bits per heavy atom. The zero-order chi connectivity index (χ0) is 37.4. The standard InChI is InChI=1S/C28H24N6.2CHF3O3S.Co.H2O/c1-27(21-10-3-6-15-30-21,22-11-4-7-16-31-22)24-13-9-14-25(34-24)28(2,23-12-5-8-17-32-23)26-20-29-18-19-33-26;2*2-1(3,4)8(5,6)7;;/h3-20H,1-2H3;2*(H,5,6,7);;1H2/q;;;+2;/p-2/t28-;;;;/m1..../s1. The number of rotatable bonds is 6. The summed E-state index contributed by atoms with van der Waals surface area (Å²) in [5.41, 5.74) is -7.63. The first-order chi connectivity index (χ1) is 23.1. The molecular formula is C30H26CoF6N6O7S2. The van der Waals surface area contributed by atoms with E-state index in [1.807, 2.05) is 72.8 Å². The monoisotopic (exact) mass is 819 g/mol. The number of alkyl halides is 6. The third-order valence-electron chi connectivity index (χ3n) is 6.95. The fraction of sp³-hybridized carbons (Fsp3) is 0.200. The minimum Gasteiger partial charge on any atom is -0.741 e. The van der Waals surface area contributed by atoms with Gasteiger partial charge in [0.15, 0.2) is 20.2 Å². The molecule has 5 aromatic heterocycles. The van der Waals surface area contributed by atoms with Crippen molar-refractivity contribution in [3.8, 4) is 0 Å². The van der Waals surface area contributed by atoms with E-state index in [2.05, 4.69) is 28.8 Å². The van der Waals surface area contributed by atoms with Gasteiger partial charge >= 0.3 is 27.8 Å². The Morgan fingerprint density at radius 1 is 0.500 bits per heavy atom. The summed E-state index contributed by atoms with van der Waals surface area (Å²) >= 11 is 0. The van der Waals surface area contributed by atoms with E-state index in [4.69, 9.17) is 40.9 Å². The molecule has 0 unspecified atom stereocenters. The molecule has 0 saturated heterocycles. The van der Waals surface area contributed by atoms with Crippen molar-refractivity contribution >= 4 is 20.2 Å². The van der Waals surface area contributed by atoms with Crippen molar-refractivity contribution < 1.29 is 74.5 Å². The van der Waals surface area contributed by atoms with Gasteiger partial charge in [0, 0.05) is 37.2 Å². The molecule has 5 aromatic rings. The van der Waals surface area contributed by atoms with Crippen molar-refractivity contribution in [3.63, 3.8) is 0 Å². The number of aromatic nitrogens is 6. The van der Waals surface area contributed by atoms with Gasteiger partial charge in [0.2, 0.25) is 0 Å². The Morgan fingerprint density at radius 2 is 0.808 bits per heavy atom. The zero-order valence-corrected chi connectivity index (χ0v) is 29.1. The number of halogens is 6. The molecule has 5 heterocycles. The molecule has 13 nitrogen and oxygen atoms in total. The molecule has 0 aromatic carbocycles. The van der Waals surface area contributed by atoms with Gasteiger partial charge in [0.25, 0.3) is 0 Å². The number of hydrogen-bond donors (Lipinski definition) is 0. The number of hydrogen-bond acceptors (Lipinski definition) is 12. The van der Waals surface area contributed by atoms with Crippen LogP contribution in [0.3, 0.4) is 0 Å². The Labute approximate surface area is 303 Å². The van der Waals surface area contributed by atoms with Gasteiger partial charge in [0.1, 0.15) is 0 Å². The summed E-state index contributed by atoms with van der Waals surface area (Å²) in [6.45, 7) is 4.20. The van der Waals surface area contributed by atoms with Crippen LogP contribution in [0.15, 0.2) is 110 Å². The van der Waals surface area contributed by atoms with E-state index in [0.717, 1.165) is 34.2 Å². The van der Waals surface area contributed by atoms with Crippen LogP contribution in [0.1, 0.15) is 48.0 Å². The molecule has 2 N–H and O–H groups in total. The Kier molecular flexibility index (Phi) is 15.6. The van der Waals surface area contributed by atoms with E-state index >= 15 is 0 Å². The molecule has 52 heavy (non-hydrogen) atoms. The fourth-order valence-corrected chi connectivity index (χ4v) is 4.31. The Bertz CT molecular complexity index is 1850. The largest absolute Gasteiger partial charge is 2.00 e. The van der Waals surface area contributed by atoms with Crippen LogP contribution in [0.5, 0.6) is 0 Å². The third-order valence-corrected chi connectivity index (χ3v) is 8.08. The van der Waals surface area contributed by atoms with Gasteiger partial charge < -0.3 is 14.6 Å². The minimum atomic E-state index is -6.09. The zero-order valence-electron chi connectivity index (χ0n) is 26.4. The molecule has 0 fully saturated rings. The molecule has 1 atom stereocenters. The van der Waals surface area contributed by atoms with E-state index in [1.165, 1.54) is 0 Å². The first-order valence-electron chi connectivity index (χ1n) is 13.7. The van der Waals surface area contributed by atoms with E-state index in [0.29, 0.717) is 0 Å². The summed E-state index contributed by atoms with van der Waals surface area (Å²) in [5, 5.41) is 0. The first kappa shape index (κ1) is 45.6. The molecule has 0 amide bonds. The minimum absolute atomic E-state index is 0. The maximum Gasteiger partial charge on any atom is 2.00 e. The molecule has 22 heteroatoms. The average Bonchev–Trinajstić information content (AvgIpc) is 3.08. The summed E-state index contributed by atoms with van der Waals surface area (Å²) in [5.74, 6) is 0. The predicted octanol–water partition coefficient (Wildman–Crippen LogP) is 4.04. The van der Waals surface area contributed by atoms with E-state index in [1.54, 1.807) is 37.2 Å². The van der Waals surface area contributed by atoms with Gasteiger partial charge in [-0.15, -0.1) is 0 Å². The van der Waals surface area contributed by atoms with Crippen LogP contribution >= 0.6 is 0 Å². The van der Waals surface area contributed by atoms with Crippen LogP contribution in [0.25, 0.3) is 0 Å². The van der Waals surface area contributed by atoms with E-state index in [-0.39, 0.29) is 22.3 Å². The van der Waals surface area contributed by atoms with Crippen LogP contribution in [0.4, 0.5) is 26.3 Å². The third kappa shape index (κ3) is 10.8. The van der Waals surface area contributed by atoms with Crippen molar-refractivity contribution in [3.05, 3.63) is 144 Å². The normalized spacial score (nSPS) is 13.0. The van der Waals surface area contributed by atoms with Crippen molar-refractivity contribution in [2.75, 3.05) is 0 Å². The second-order valence-corrected chi connectivity index (χ2v) is 12.9. The molecule has 1 radical (unpaired) electrons. The smallest absolute Gasteiger partial charge is 0.741 e. The summed E-state index contributed by atoms with van der Waals surface area (Å²) < 4.78 is 118. The summed E-state index contributed by atoms with van der Waals surface area (Å²) in [7, 11) is -12.2. The summed E-state index contributed by atoms with van der Waals surface area (Å²) in [6, 6.07) is 23.8. The Hall–Kier alpha value is -4.45. The molecule has 0 aliphatic rings. The van der Waals surface area contributed by atoms with Crippen molar-refractivity contribution in [1.29, 1.82) is 0 Å². The maximum atomic E-state index is 10.7. The quantitative estimate of drug-likeness (QED) is 0.135. The molecular weight excluding hydrogens is 793 g/mol. The van der Waals surface area contributed by atoms with Crippen LogP contribution in [0, 0.1) is 0 Å². The first-order valence-corrected chi connectivity index (χ1v) is 16.5. The Balaban J connectivity index is 0.000000632. The molecule has 0 bridgehead atoms.